The molecule has 1 saturated heterocycles. The first kappa shape index (κ1) is 15.1. The lowest BCUT2D eigenvalue weighted by atomic mass is 9.92. The number of piperidine rings is 1. The molecule has 0 aromatic carbocycles. The minimum Gasteiger partial charge on any atom is -0.465 e. The first-order valence-electron chi connectivity index (χ1n) is 7.45. The summed E-state index contributed by atoms with van der Waals surface area (Å²) in [5.41, 5.74) is 0. The highest BCUT2D eigenvalue weighted by molar-refractivity contribution is 5.78. The molecule has 4 nitrogen and oxygen atoms in total. The van der Waals surface area contributed by atoms with Crippen molar-refractivity contribution in [2.24, 2.45) is 11.8 Å². The van der Waals surface area contributed by atoms with Gasteiger partial charge in [-0.05, 0) is 44.4 Å². The predicted molar refractivity (Wildman–Crippen MR) is 79.3 cm³/mol. The maximum atomic E-state index is 12.3. The molecule has 1 aliphatic heterocycles. The Kier molecular flexibility index (Phi) is 4.86. The molecule has 1 aromatic rings. The van der Waals surface area contributed by atoms with Gasteiger partial charge < -0.3 is 9.32 Å². The summed E-state index contributed by atoms with van der Waals surface area (Å²) < 4.78 is 5.55. The lowest BCUT2D eigenvalue weighted by molar-refractivity contribution is -0.134. The van der Waals surface area contributed by atoms with Gasteiger partial charge in [-0.25, -0.2) is 0 Å². The van der Waals surface area contributed by atoms with Crippen LogP contribution in [-0.4, -0.2) is 42.4 Å². The first-order valence-corrected chi connectivity index (χ1v) is 7.45. The Hall–Kier alpha value is -1.29. The Labute approximate surface area is 121 Å². The van der Waals surface area contributed by atoms with Crippen molar-refractivity contribution in [1.29, 1.82) is 0 Å². The minimum absolute atomic E-state index is 0.231. The molecule has 2 unspecified atom stereocenters. The zero-order valence-corrected chi connectivity index (χ0v) is 13.1. The lowest BCUT2D eigenvalue weighted by Gasteiger charge is -2.35. The van der Waals surface area contributed by atoms with E-state index < -0.39 is 0 Å². The largest absolute Gasteiger partial charge is 0.465 e. The normalized spacial score (nSPS) is 23.4. The van der Waals surface area contributed by atoms with E-state index in [2.05, 4.69) is 13.8 Å². The highest BCUT2D eigenvalue weighted by Crippen LogP contribution is 2.21. The Morgan fingerprint density at radius 3 is 2.55 bits per heavy atom. The summed E-state index contributed by atoms with van der Waals surface area (Å²) in [6.07, 6.45) is 1.23. The molecule has 0 bridgehead atoms. The summed E-state index contributed by atoms with van der Waals surface area (Å²) >= 11 is 0. The fourth-order valence-electron chi connectivity index (χ4n) is 3.09. The highest BCUT2D eigenvalue weighted by atomic mass is 16.3. The van der Waals surface area contributed by atoms with Crippen LogP contribution in [-0.2, 0) is 11.3 Å². The smallest absolute Gasteiger partial charge is 0.236 e. The second-order valence-electron chi connectivity index (χ2n) is 6.43. The van der Waals surface area contributed by atoms with Crippen LogP contribution in [0.1, 0.15) is 31.8 Å². The molecule has 2 rings (SSSR count). The van der Waals surface area contributed by atoms with E-state index in [1.807, 2.05) is 35.9 Å². The average Bonchev–Trinajstić information content (AvgIpc) is 2.73. The number of nitrogens with zero attached hydrogens (tertiary/aromatic N) is 2. The summed E-state index contributed by atoms with van der Waals surface area (Å²) in [6, 6.07) is 3.93. The summed E-state index contributed by atoms with van der Waals surface area (Å²) in [5.74, 6) is 3.28. The van der Waals surface area contributed by atoms with Crippen LogP contribution >= 0.6 is 0 Å². The molecule has 1 aromatic heterocycles. The molecule has 20 heavy (non-hydrogen) atoms. The van der Waals surface area contributed by atoms with Gasteiger partial charge in [0, 0.05) is 13.1 Å². The molecular weight excluding hydrogens is 252 g/mol. The number of furan rings is 1. The van der Waals surface area contributed by atoms with Crippen molar-refractivity contribution in [2.45, 2.75) is 33.7 Å². The number of hydrogen-bond acceptors (Lipinski definition) is 3. The van der Waals surface area contributed by atoms with Gasteiger partial charge in [0.2, 0.25) is 5.91 Å². The first-order chi connectivity index (χ1) is 9.44. The second-order valence-corrected chi connectivity index (χ2v) is 6.43. The van der Waals surface area contributed by atoms with Crippen LogP contribution in [0.15, 0.2) is 16.5 Å². The Balaban J connectivity index is 1.84. The number of hydrogen-bond donors (Lipinski definition) is 0. The molecule has 1 amide bonds. The Morgan fingerprint density at radius 2 is 2.00 bits per heavy atom. The van der Waals surface area contributed by atoms with Gasteiger partial charge in [-0.3, -0.25) is 9.69 Å². The van der Waals surface area contributed by atoms with Gasteiger partial charge in [-0.15, -0.1) is 0 Å². The molecule has 0 radical (unpaired) electrons. The van der Waals surface area contributed by atoms with Gasteiger partial charge in [-0.1, -0.05) is 13.8 Å². The summed E-state index contributed by atoms with van der Waals surface area (Å²) in [7, 11) is 1.96. The third-order valence-electron chi connectivity index (χ3n) is 3.85. The zero-order valence-electron chi connectivity index (χ0n) is 13.1. The molecule has 2 atom stereocenters. The molecule has 0 saturated carbocycles. The predicted octanol–water partition coefficient (Wildman–Crippen LogP) is 2.52. The van der Waals surface area contributed by atoms with Crippen molar-refractivity contribution >= 4 is 5.91 Å². The molecular formula is C16H26N2O2. The molecule has 2 heterocycles. The van der Waals surface area contributed by atoms with Gasteiger partial charge >= 0.3 is 0 Å². The maximum absolute atomic E-state index is 12.3. The van der Waals surface area contributed by atoms with Crippen molar-refractivity contribution in [2.75, 3.05) is 26.7 Å². The zero-order chi connectivity index (χ0) is 14.7. The second kappa shape index (κ2) is 6.44. The summed E-state index contributed by atoms with van der Waals surface area (Å²) in [5, 5.41) is 0. The highest BCUT2D eigenvalue weighted by Gasteiger charge is 2.25. The van der Waals surface area contributed by atoms with Crippen molar-refractivity contribution in [3.63, 3.8) is 0 Å². The van der Waals surface area contributed by atoms with Crippen LogP contribution in [0, 0.1) is 18.8 Å². The number of likely N-dealkylation sites (N-methyl/N-ethyl adjacent to an activating group) is 1. The van der Waals surface area contributed by atoms with Crippen molar-refractivity contribution in [3.05, 3.63) is 23.7 Å². The summed E-state index contributed by atoms with van der Waals surface area (Å²) in [6.45, 7) is 9.33. The van der Waals surface area contributed by atoms with Crippen LogP contribution < -0.4 is 0 Å². The molecule has 0 spiro atoms. The van der Waals surface area contributed by atoms with E-state index in [4.69, 9.17) is 4.42 Å². The van der Waals surface area contributed by atoms with E-state index in [1.54, 1.807) is 0 Å². The molecule has 4 heteroatoms. The maximum Gasteiger partial charge on any atom is 0.236 e. The van der Waals surface area contributed by atoms with Crippen LogP contribution in [0.25, 0.3) is 0 Å². The van der Waals surface area contributed by atoms with Gasteiger partial charge in [0.05, 0.1) is 13.1 Å². The van der Waals surface area contributed by atoms with Crippen LogP contribution in [0.5, 0.6) is 0 Å². The monoisotopic (exact) mass is 278 g/mol. The van der Waals surface area contributed by atoms with E-state index in [9.17, 15) is 4.79 Å². The van der Waals surface area contributed by atoms with Crippen molar-refractivity contribution in [1.82, 2.24) is 9.80 Å². The van der Waals surface area contributed by atoms with Crippen molar-refractivity contribution in [3.8, 4) is 0 Å². The quantitative estimate of drug-likeness (QED) is 0.849. The number of carbonyl (C=O) groups excluding carboxylic acids is 1. The van der Waals surface area contributed by atoms with E-state index in [1.165, 1.54) is 6.42 Å². The summed E-state index contributed by atoms with van der Waals surface area (Å²) in [4.78, 5) is 16.4. The number of rotatable bonds is 4. The van der Waals surface area contributed by atoms with Gasteiger partial charge in [0.1, 0.15) is 11.5 Å². The van der Waals surface area contributed by atoms with E-state index >= 15 is 0 Å². The molecule has 112 valence electrons. The van der Waals surface area contributed by atoms with Crippen LogP contribution in [0.2, 0.25) is 0 Å². The Morgan fingerprint density at radius 1 is 1.35 bits per heavy atom. The minimum atomic E-state index is 0.231. The molecule has 1 aliphatic rings. The number of likely N-dealkylation sites (tertiary alicyclic amines) is 1. The molecule has 0 N–H and O–H groups in total. The number of amides is 1. The van der Waals surface area contributed by atoms with E-state index in [0.29, 0.717) is 24.9 Å². The fourth-order valence-corrected chi connectivity index (χ4v) is 3.09. The Bertz CT molecular complexity index is 445. The number of carbonyl (C=O) groups is 1. The SMILES string of the molecule is Cc1ccc(CN(C)CC(=O)N2CC(C)CC(C)C2)o1. The van der Waals surface area contributed by atoms with Crippen LogP contribution in [0.3, 0.4) is 0 Å². The van der Waals surface area contributed by atoms with Crippen molar-refractivity contribution < 1.29 is 9.21 Å². The fraction of sp³-hybridized carbons (Fsp3) is 0.688. The topological polar surface area (TPSA) is 36.7 Å². The van der Waals surface area contributed by atoms with E-state index in [-0.39, 0.29) is 5.91 Å². The standard InChI is InChI=1S/C16H26N2O2/c1-12-7-13(2)9-18(8-12)16(19)11-17(4)10-15-6-5-14(3)20-15/h5-6,12-13H,7-11H2,1-4H3. The molecule has 1 fully saturated rings. The molecule has 0 aliphatic carbocycles. The number of aryl methyl sites for hydroxylation is 1. The van der Waals surface area contributed by atoms with Gasteiger partial charge in [0.25, 0.3) is 0 Å². The van der Waals surface area contributed by atoms with Gasteiger partial charge in [-0.2, -0.15) is 0 Å². The van der Waals surface area contributed by atoms with Gasteiger partial charge in [0.15, 0.2) is 0 Å². The average molecular weight is 278 g/mol. The van der Waals surface area contributed by atoms with Crippen LogP contribution in [0.4, 0.5) is 0 Å². The van der Waals surface area contributed by atoms with E-state index in [0.717, 1.165) is 24.6 Å². The lowest BCUT2D eigenvalue weighted by Crippen LogP contribution is -2.46. The third kappa shape index (κ3) is 4.10. The third-order valence-corrected chi connectivity index (χ3v) is 3.85.